The minimum Gasteiger partial charge on any atom is -0.313 e. The van der Waals surface area contributed by atoms with E-state index in [1.54, 1.807) is 25.1 Å². The van der Waals surface area contributed by atoms with Crippen LogP contribution in [0.1, 0.15) is 35.0 Å². The van der Waals surface area contributed by atoms with Gasteiger partial charge in [0.15, 0.2) is 0 Å². The number of carbonyl (C=O) groups is 1. The van der Waals surface area contributed by atoms with Crippen molar-refractivity contribution >= 4 is 50.1 Å². The van der Waals surface area contributed by atoms with Crippen LogP contribution in [0.25, 0.3) is 11.1 Å². The lowest BCUT2D eigenvalue weighted by Crippen LogP contribution is -2.35. The minimum atomic E-state index is -3.22. The molecule has 3 heterocycles. The number of sulfonamides is 1. The summed E-state index contributed by atoms with van der Waals surface area (Å²) in [4.78, 5) is 13.3. The highest BCUT2D eigenvalue weighted by Crippen LogP contribution is 2.33. The molecule has 0 saturated carbocycles. The molecule has 0 unspecified atom stereocenters. The van der Waals surface area contributed by atoms with Crippen LogP contribution in [0.3, 0.4) is 0 Å². The summed E-state index contributed by atoms with van der Waals surface area (Å²) in [7, 11) is -3.22. The van der Waals surface area contributed by atoms with E-state index in [9.17, 15) is 13.2 Å². The first-order valence-corrected chi connectivity index (χ1v) is 12.0. The molecule has 0 amide bonds. The van der Waals surface area contributed by atoms with Gasteiger partial charge in [-0.1, -0.05) is 41.4 Å². The summed E-state index contributed by atoms with van der Waals surface area (Å²) in [6.45, 7) is 2.40. The molecule has 0 saturated heterocycles. The highest BCUT2D eigenvalue weighted by molar-refractivity contribution is 7.89. The zero-order valence-electron chi connectivity index (χ0n) is 16.3. The lowest BCUT2D eigenvalue weighted by Gasteiger charge is -2.25. The Kier molecular flexibility index (Phi) is 5.77. The molecule has 0 radical (unpaired) electrons. The largest absolute Gasteiger partial charge is 0.313 e. The molecule has 1 aliphatic heterocycles. The molecule has 3 aromatic rings. The SMILES string of the molecule is CCS(=O)(=O)N1CC=C(c2cc(C(=O)c3c(Cl)cccc3Cl)n3ccccc23)CC1. The van der Waals surface area contributed by atoms with E-state index in [2.05, 4.69) is 0 Å². The first kappa shape index (κ1) is 21.1. The van der Waals surface area contributed by atoms with Crippen LogP contribution in [0.4, 0.5) is 0 Å². The maximum atomic E-state index is 13.3. The number of benzene rings is 1. The van der Waals surface area contributed by atoms with Gasteiger partial charge in [0.05, 0.1) is 32.6 Å². The molecule has 5 nitrogen and oxygen atoms in total. The molecule has 156 valence electrons. The van der Waals surface area contributed by atoms with Crippen molar-refractivity contribution in [2.75, 3.05) is 18.8 Å². The van der Waals surface area contributed by atoms with Gasteiger partial charge in [-0.25, -0.2) is 8.42 Å². The first-order valence-electron chi connectivity index (χ1n) is 9.59. The van der Waals surface area contributed by atoms with Crippen LogP contribution in [0.2, 0.25) is 10.0 Å². The molecule has 0 spiro atoms. The maximum absolute atomic E-state index is 13.3. The van der Waals surface area contributed by atoms with Crippen LogP contribution in [0.5, 0.6) is 0 Å². The summed E-state index contributed by atoms with van der Waals surface area (Å²) >= 11 is 12.5. The fourth-order valence-corrected chi connectivity index (χ4v) is 5.36. The summed E-state index contributed by atoms with van der Waals surface area (Å²) in [5.41, 5.74) is 3.54. The van der Waals surface area contributed by atoms with Gasteiger partial charge in [-0.15, -0.1) is 0 Å². The Morgan fingerprint density at radius 2 is 1.83 bits per heavy atom. The van der Waals surface area contributed by atoms with Crippen molar-refractivity contribution in [2.24, 2.45) is 0 Å². The van der Waals surface area contributed by atoms with Crippen LogP contribution in [0, 0.1) is 0 Å². The standard InChI is InChI=1S/C22H20Cl2N2O3S/c1-2-30(28,29)25-12-9-15(10-13-25)16-14-20(26-11-4-3-8-19(16)26)22(27)21-17(23)6-5-7-18(21)24/h3-9,11,14H,2,10,12-13H2,1H3. The molecule has 2 aromatic heterocycles. The van der Waals surface area contributed by atoms with Crippen LogP contribution in [-0.2, 0) is 10.0 Å². The third-order valence-electron chi connectivity index (χ3n) is 5.37. The number of aromatic nitrogens is 1. The fraction of sp³-hybridized carbons (Fsp3) is 0.227. The van der Waals surface area contributed by atoms with E-state index in [0.29, 0.717) is 35.2 Å². The van der Waals surface area contributed by atoms with Crippen molar-refractivity contribution in [2.45, 2.75) is 13.3 Å². The molecule has 1 aliphatic rings. The maximum Gasteiger partial charge on any atom is 0.214 e. The number of rotatable bonds is 5. The Hall–Kier alpha value is -2.12. The Morgan fingerprint density at radius 3 is 2.47 bits per heavy atom. The number of fused-ring (bicyclic) bond motifs is 1. The average Bonchev–Trinajstić information content (AvgIpc) is 3.13. The minimum absolute atomic E-state index is 0.0859. The van der Waals surface area contributed by atoms with Crippen LogP contribution >= 0.6 is 23.2 Å². The number of halogens is 2. The van der Waals surface area contributed by atoms with Gasteiger partial charge in [-0.3, -0.25) is 4.79 Å². The van der Waals surface area contributed by atoms with Gasteiger partial charge in [-0.2, -0.15) is 4.31 Å². The number of ketones is 1. The van der Waals surface area contributed by atoms with Crippen LogP contribution in [-0.4, -0.2) is 41.7 Å². The molecule has 1 aromatic carbocycles. The van der Waals surface area contributed by atoms with Gasteiger partial charge in [0.25, 0.3) is 0 Å². The fourth-order valence-electron chi connectivity index (χ4n) is 3.76. The molecule has 0 bridgehead atoms. The Balaban J connectivity index is 1.79. The highest BCUT2D eigenvalue weighted by Gasteiger charge is 2.26. The van der Waals surface area contributed by atoms with E-state index in [0.717, 1.165) is 16.7 Å². The topological polar surface area (TPSA) is 58.9 Å². The van der Waals surface area contributed by atoms with E-state index in [1.165, 1.54) is 4.31 Å². The quantitative estimate of drug-likeness (QED) is 0.505. The smallest absolute Gasteiger partial charge is 0.214 e. The summed E-state index contributed by atoms with van der Waals surface area (Å²) < 4.78 is 27.6. The van der Waals surface area contributed by atoms with Gasteiger partial charge < -0.3 is 4.40 Å². The van der Waals surface area contributed by atoms with Crippen LogP contribution < -0.4 is 0 Å². The van der Waals surface area contributed by atoms with Crippen molar-refractivity contribution < 1.29 is 13.2 Å². The van der Waals surface area contributed by atoms with E-state index in [1.807, 2.05) is 40.9 Å². The van der Waals surface area contributed by atoms with Gasteiger partial charge in [0, 0.05) is 24.8 Å². The number of pyridine rings is 1. The lowest BCUT2D eigenvalue weighted by molar-refractivity contribution is 0.103. The monoisotopic (exact) mass is 462 g/mol. The van der Waals surface area contributed by atoms with Crippen molar-refractivity contribution in [3.05, 3.63) is 81.6 Å². The van der Waals surface area contributed by atoms with E-state index in [-0.39, 0.29) is 17.1 Å². The third-order valence-corrected chi connectivity index (χ3v) is 7.85. The number of carbonyl (C=O) groups excluding carboxylic acids is 1. The second-order valence-electron chi connectivity index (χ2n) is 7.06. The number of nitrogens with zero attached hydrogens (tertiary/aromatic N) is 2. The molecule has 0 fully saturated rings. The predicted molar refractivity (Wildman–Crippen MR) is 121 cm³/mol. The molecule has 0 atom stereocenters. The molecular weight excluding hydrogens is 443 g/mol. The van der Waals surface area contributed by atoms with Gasteiger partial charge in [0.2, 0.25) is 15.8 Å². The van der Waals surface area contributed by atoms with Gasteiger partial charge in [0.1, 0.15) is 0 Å². The zero-order valence-corrected chi connectivity index (χ0v) is 18.6. The molecule has 4 rings (SSSR count). The Bertz CT molecular complexity index is 1260. The molecule has 0 aliphatic carbocycles. The van der Waals surface area contributed by atoms with Gasteiger partial charge >= 0.3 is 0 Å². The van der Waals surface area contributed by atoms with Crippen molar-refractivity contribution in [1.82, 2.24) is 8.71 Å². The van der Waals surface area contributed by atoms with Gasteiger partial charge in [-0.05, 0) is 49.2 Å². The predicted octanol–water partition coefficient (Wildman–Crippen LogP) is 4.92. The van der Waals surface area contributed by atoms with E-state index in [4.69, 9.17) is 23.2 Å². The lowest BCUT2D eigenvalue weighted by atomic mass is 10.0. The second-order valence-corrected chi connectivity index (χ2v) is 10.1. The number of hydrogen-bond acceptors (Lipinski definition) is 3. The molecule has 0 N–H and O–H groups in total. The normalized spacial score (nSPS) is 15.4. The summed E-state index contributed by atoms with van der Waals surface area (Å²) in [5, 5.41) is 0.606. The highest BCUT2D eigenvalue weighted by atomic mass is 35.5. The van der Waals surface area contributed by atoms with Crippen molar-refractivity contribution in [3.63, 3.8) is 0 Å². The van der Waals surface area contributed by atoms with Crippen molar-refractivity contribution in [1.29, 1.82) is 0 Å². The van der Waals surface area contributed by atoms with Crippen molar-refractivity contribution in [3.8, 4) is 0 Å². The molecular formula is C22H20Cl2N2O3S. The van der Waals surface area contributed by atoms with E-state index < -0.39 is 10.0 Å². The Labute approximate surface area is 185 Å². The second kappa shape index (κ2) is 8.19. The average molecular weight is 463 g/mol. The Morgan fingerprint density at radius 1 is 1.10 bits per heavy atom. The van der Waals surface area contributed by atoms with Crippen LogP contribution in [0.15, 0.2) is 54.7 Å². The summed E-state index contributed by atoms with van der Waals surface area (Å²) in [6, 6.07) is 12.5. The summed E-state index contributed by atoms with van der Waals surface area (Å²) in [6.07, 6.45) is 4.33. The molecule has 8 heteroatoms. The first-order chi connectivity index (χ1) is 14.3. The number of hydrogen-bond donors (Lipinski definition) is 0. The third kappa shape index (κ3) is 3.69. The summed E-state index contributed by atoms with van der Waals surface area (Å²) in [5.74, 6) is -0.174. The molecule has 30 heavy (non-hydrogen) atoms. The van der Waals surface area contributed by atoms with E-state index >= 15 is 0 Å². The zero-order chi connectivity index (χ0) is 21.5.